The Morgan fingerprint density at radius 3 is 2.73 bits per heavy atom. The number of aromatic nitrogens is 2. The lowest BCUT2D eigenvalue weighted by Gasteiger charge is -2.31. The Morgan fingerprint density at radius 2 is 2.13 bits per heavy atom. The molecule has 0 radical (unpaired) electrons. The van der Waals surface area contributed by atoms with Gasteiger partial charge in [0.1, 0.15) is 5.82 Å². The lowest BCUT2D eigenvalue weighted by Crippen LogP contribution is -2.50. The fourth-order valence-corrected chi connectivity index (χ4v) is 2.90. The van der Waals surface area contributed by atoms with E-state index in [1.165, 1.54) is 24.4 Å². The first-order valence-corrected chi connectivity index (χ1v) is 9.15. The zero-order valence-electron chi connectivity index (χ0n) is 16.4. The van der Waals surface area contributed by atoms with E-state index in [4.69, 9.17) is 21.9 Å². The summed E-state index contributed by atoms with van der Waals surface area (Å²) in [6.45, 7) is 0.588. The quantitative estimate of drug-likeness (QED) is 0.140. The SMILES string of the molecule is CNCC[C@@H](CC(=O)N[C@H]1C=C[C@H](n2ccc(N)nc2=O)O[C@@H]1C(=O)O)N=C(N)N. The van der Waals surface area contributed by atoms with Crippen molar-refractivity contribution in [3.05, 3.63) is 34.9 Å². The number of hydrogen-bond acceptors (Lipinski definition) is 8. The van der Waals surface area contributed by atoms with Gasteiger partial charge < -0.3 is 37.7 Å². The van der Waals surface area contributed by atoms with E-state index in [-0.39, 0.29) is 18.2 Å². The highest BCUT2D eigenvalue weighted by Gasteiger charge is 2.35. The highest BCUT2D eigenvalue weighted by atomic mass is 16.5. The van der Waals surface area contributed by atoms with Gasteiger partial charge >= 0.3 is 11.7 Å². The first kappa shape index (κ1) is 22.8. The van der Waals surface area contributed by atoms with Crippen molar-refractivity contribution in [2.45, 2.75) is 37.3 Å². The predicted octanol–water partition coefficient (Wildman–Crippen LogP) is -2.51. The van der Waals surface area contributed by atoms with E-state index in [0.717, 1.165) is 4.57 Å². The van der Waals surface area contributed by atoms with Gasteiger partial charge in [0.15, 0.2) is 18.3 Å². The van der Waals surface area contributed by atoms with Gasteiger partial charge in [-0.3, -0.25) is 9.36 Å². The maximum absolute atomic E-state index is 12.4. The van der Waals surface area contributed by atoms with Crippen molar-refractivity contribution in [2.75, 3.05) is 19.3 Å². The molecular formula is C17H26N8O5. The van der Waals surface area contributed by atoms with Crippen LogP contribution >= 0.6 is 0 Å². The lowest BCUT2D eigenvalue weighted by molar-refractivity contribution is -0.159. The minimum Gasteiger partial charge on any atom is -0.479 e. The van der Waals surface area contributed by atoms with E-state index in [9.17, 15) is 19.5 Å². The van der Waals surface area contributed by atoms with Crippen LogP contribution < -0.4 is 33.5 Å². The summed E-state index contributed by atoms with van der Waals surface area (Å²) in [6, 6.07) is -0.0313. The Hall–Kier alpha value is -3.45. The van der Waals surface area contributed by atoms with Crippen LogP contribution in [0.1, 0.15) is 19.1 Å². The number of guanidine groups is 1. The highest BCUT2D eigenvalue weighted by Crippen LogP contribution is 2.21. The number of aliphatic imine (C=N–C) groups is 1. The normalized spacial score (nSPS) is 21.6. The summed E-state index contributed by atoms with van der Waals surface area (Å²) in [4.78, 5) is 43.7. The molecule has 0 bridgehead atoms. The number of nitrogen functional groups attached to an aromatic ring is 1. The van der Waals surface area contributed by atoms with E-state index in [1.807, 2.05) is 0 Å². The molecule has 4 atom stereocenters. The van der Waals surface area contributed by atoms with Crippen LogP contribution in [0.15, 0.2) is 34.2 Å². The van der Waals surface area contributed by atoms with Crippen molar-refractivity contribution in [1.29, 1.82) is 0 Å². The molecule has 1 aliphatic rings. The molecule has 1 amide bonds. The Kier molecular flexibility index (Phi) is 7.89. The second-order valence-electron chi connectivity index (χ2n) is 6.61. The number of rotatable bonds is 9. The number of carboxylic acid groups (broad SMARTS) is 1. The number of nitrogens with zero attached hydrogens (tertiary/aromatic N) is 3. The van der Waals surface area contributed by atoms with Gasteiger partial charge in [-0.1, -0.05) is 6.08 Å². The first-order valence-electron chi connectivity index (χ1n) is 9.15. The Labute approximate surface area is 172 Å². The van der Waals surface area contributed by atoms with E-state index in [1.54, 1.807) is 7.05 Å². The largest absolute Gasteiger partial charge is 0.479 e. The molecule has 0 saturated carbocycles. The standard InChI is InChI=1S/C17H26N8O5/c1-21-6-4-9(22-16(19)20)8-12(26)23-10-2-3-13(30-14(10)15(27)28)25-7-5-11(18)24-17(25)29/h2-3,5,7,9-10,13-14,21H,4,6,8H2,1H3,(H,23,26)(H,27,28)(H2,18,24,29)(H4,19,20,22)/t9-,10-,13+,14-/m0/s1. The summed E-state index contributed by atoms with van der Waals surface area (Å²) >= 11 is 0. The number of carboxylic acids is 1. The van der Waals surface area contributed by atoms with Crippen molar-refractivity contribution >= 4 is 23.7 Å². The van der Waals surface area contributed by atoms with Crippen molar-refractivity contribution in [2.24, 2.45) is 16.5 Å². The van der Waals surface area contributed by atoms with E-state index in [2.05, 4.69) is 20.6 Å². The van der Waals surface area contributed by atoms with Gasteiger partial charge in [-0.05, 0) is 32.2 Å². The van der Waals surface area contributed by atoms with Crippen LogP contribution in [0.25, 0.3) is 0 Å². The zero-order valence-corrected chi connectivity index (χ0v) is 16.4. The second-order valence-corrected chi connectivity index (χ2v) is 6.61. The van der Waals surface area contributed by atoms with Gasteiger partial charge in [-0.2, -0.15) is 4.98 Å². The summed E-state index contributed by atoms with van der Waals surface area (Å²) in [6.07, 6.45) is 2.29. The topological polar surface area (TPSA) is 213 Å². The molecule has 0 aromatic carbocycles. The number of aliphatic carboxylic acids is 1. The molecule has 9 N–H and O–H groups in total. The molecule has 13 heteroatoms. The minimum atomic E-state index is -1.42. The van der Waals surface area contributed by atoms with E-state index >= 15 is 0 Å². The number of amides is 1. The van der Waals surface area contributed by atoms with Gasteiger partial charge in [0.05, 0.1) is 12.1 Å². The maximum atomic E-state index is 12.4. The van der Waals surface area contributed by atoms with Crippen LogP contribution in [0, 0.1) is 0 Å². The summed E-state index contributed by atoms with van der Waals surface area (Å²) in [5.74, 6) is -1.86. The predicted molar refractivity (Wildman–Crippen MR) is 108 cm³/mol. The molecule has 1 aliphatic heterocycles. The summed E-state index contributed by atoms with van der Waals surface area (Å²) in [5.41, 5.74) is 15.6. The monoisotopic (exact) mass is 422 g/mol. The van der Waals surface area contributed by atoms with Gasteiger partial charge in [-0.15, -0.1) is 0 Å². The van der Waals surface area contributed by atoms with Gasteiger partial charge in [-0.25, -0.2) is 14.6 Å². The van der Waals surface area contributed by atoms with Gasteiger partial charge in [0.25, 0.3) is 0 Å². The number of carbonyl (C=O) groups excluding carboxylic acids is 1. The minimum absolute atomic E-state index is 0.0320. The fraction of sp³-hybridized carbons (Fsp3) is 0.471. The number of anilines is 1. The molecule has 1 aromatic heterocycles. The molecule has 0 aliphatic carbocycles. The summed E-state index contributed by atoms with van der Waals surface area (Å²) in [7, 11) is 1.76. The maximum Gasteiger partial charge on any atom is 0.351 e. The van der Waals surface area contributed by atoms with Crippen LogP contribution in [-0.4, -0.2) is 64.3 Å². The Balaban J connectivity index is 2.12. The molecule has 0 saturated heterocycles. The first-order chi connectivity index (χ1) is 14.2. The van der Waals surface area contributed by atoms with E-state index in [0.29, 0.717) is 13.0 Å². The van der Waals surface area contributed by atoms with Crippen LogP contribution in [-0.2, 0) is 14.3 Å². The molecule has 2 heterocycles. The average molecular weight is 422 g/mol. The van der Waals surface area contributed by atoms with E-state index < -0.39 is 42.0 Å². The molecule has 0 fully saturated rings. The summed E-state index contributed by atoms with van der Waals surface area (Å²) < 4.78 is 6.60. The summed E-state index contributed by atoms with van der Waals surface area (Å²) in [5, 5.41) is 15.1. The third kappa shape index (κ3) is 6.28. The smallest absolute Gasteiger partial charge is 0.351 e. The van der Waals surface area contributed by atoms with Crippen molar-refractivity contribution in [3.63, 3.8) is 0 Å². The van der Waals surface area contributed by atoms with Gasteiger partial charge in [0, 0.05) is 12.6 Å². The van der Waals surface area contributed by atoms with Crippen LogP contribution in [0.3, 0.4) is 0 Å². The number of carbonyl (C=O) groups is 2. The third-order valence-electron chi connectivity index (χ3n) is 4.27. The number of nitrogens with one attached hydrogen (secondary N) is 2. The average Bonchev–Trinajstić information content (AvgIpc) is 2.66. The molecule has 0 unspecified atom stereocenters. The number of nitrogens with two attached hydrogens (primary N) is 3. The van der Waals surface area contributed by atoms with Crippen molar-refractivity contribution in [3.8, 4) is 0 Å². The number of ether oxygens (including phenoxy) is 1. The molecule has 30 heavy (non-hydrogen) atoms. The lowest BCUT2D eigenvalue weighted by atomic mass is 10.1. The van der Waals surface area contributed by atoms with Crippen LogP contribution in [0.4, 0.5) is 5.82 Å². The van der Waals surface area contributed by atoms with Crippen LogP contribution in [0.2, 0.25) is 0 Å². The van der Waals surface area contributed by atoms with Gasteiger partial charge in [0.2, 0.25) is 5.91 Å². The molecular weight excluding hydrogens is 396 g/mol. The highest BCUT2D eigenvalue weighted by molar-refractivity contribution is 5.81. The van der Waals surface area contributed by atoms with Crippen molar-refractivity contribution < 1.29 is 19.4 Å². The zero-order chi connectivity index (χ0) is 22.3. The Morgan fingerprint density at radius 1 is 1.40 bits per heavy atom. The van der Waals surface area contributed by atoms with Crippen molar-refractivity contribution in [1.82, 2.24) is 20.2 Å². The fourth-order valence-electron chi connectivity index (χ4n) is 2.90. The molecule has 164 valence electrons. The second kappa shape index (κ2) is 10.4. The molecule has 0 spiro atoms. The number of hydrogen-bond donors (Lipinski definition) is 6. The molecule has 13 nitrogen and oxygen atoms in total. The Bertz CT molecular complexity index is 879. The third-order valence-corrected chi connectivity index (χ3v) is 4.27. The van der Waals surface area contributed by atoms with Crippen LogP contribution in [0.5, 0.6) is 0 Å². The molecule has 1 aromatic rings. The molecule has 2 rings (SSSR count).